The van der Waals surface area contributed by atoms with Crippen molar-refractivity contribution in [1.29, 1.82) is 0 Å². The van der Waals surface area contributed by atoms with Gasteiger partial charge in [-0.05, 0) is 61.4 Å². The largest absolute Gasteiger partial charge is 0.497 e. The molecular formula is C20H20N2O6S. The summed E-state index contributed by atoms with van der Waals surface area (Å²) in [5.41, 5.74) is 2.34. The van der Waals surface area contributed by atoms with Gasteiger partial charge in [0.05, 0.1) is 19.1 Å². The summed E-state index contributed by atoms with van der Waals surface area (Å²) in [6.45, 7) is 3.69. The number of esters is 1. The molecule has 0 fully saturated rings. The van der Waals surface area contributed by atoms with E-state index in [4.69, 9.17) is 14.0 Å². The molecular weight excluding hydrogens is 396 g/mol. The van der Waals surface area contributed by atoms with Crippen molar-refractivity contribution in [3.63, 3.8) is 0 Å². The first kappa shape index (κ1) is 20.4. The van der Waals surface area contributed by atoms with Gasteiger partial charge in [-0.2, -0.15) is 0 Å². The smallest absolute Gasteiger partial charge is 0.345 e. The third kappa shape index (κ3) is 4.09. The summed E-state index contributed by atoms with van der Waals surface area (Å²) in [6, 6.07) is 11.4. The van der Waals surface area contributed by atoms with Gasteiger partial charge in [-0.25, -0.2) is 17.9 Å². The molecule has 0 aliphatic carbocycles. The second-order valence-corrected chi connectivity index (χ2v) is 7.99. The molecule has 0 aliphatic heterocycles. The fourth-order valence-electron chi connectivity index (χ4n) is 2.66. The van der Waals surface area contributed by atoms with Gasteiger partial charge >= 0.3 is 5.97 Å². The van der Waals surface area contributed by atoms with Gasteiger partial charge in [0, 0.05) is 5.56 Å². The number of benzene rings is 2. The van der Waals surface area contributed by atoms with E-state index in [2.05, 4.69) is 9.88 Å². The van der Waals surface area contributed by atoms with Crippen LogP contribution >= 0.6 is 0 Å². The Labute approximate surface area is 168 Å². The molecule has 0 amide bonds. The lowest BCUT2D eigenvalue weighted by atomic mass is 10.1. The molecule has 3 rings (SSSR count). The van der Waals surface area contributed by atoms with Crippen LogP contribution in [0, 0.1) is 13.8 Å². The van der Waals surface area contributed by atoms with Gasteiger partial charge < -0.3 is 14.0 Å². The van der Waals surface area contributed by atoms with E-state index in [0.29, 0.717) is 11.3 Å². The van der Waals surface area contributed by atoms with E-state index in [-0.39, 0.29) is 22.0 Å². The van der Waals surface area contributed by atoms with Crippen LogP contribution < -0.4 is 9.46 Å². The van der Waals surface area contributed by atoms with Crippen molar-refractivity contribution in [3.8, 4) is 17.0 Å². The highest BCUT2D eigenvalue weighted by Crippen LogP contribution is 2.32. The molecule has 2 aromatic carbocycles. The van der Waals surface area contributed by atoms with Crippen molar-refractivity contribution in [2.45, 2.75) is 18.7 Å². The van der Waals surface area contributed by atoms with Gasteiger partial charge in [0.25, 0.3) is 15.9 Å². The number of methoxy groups -OCH3 is 2. The summed E-state index contributed by atoms with van der Waals surface area (Å²) >= 11 is 0. The first-order valence-corrected chi connectivity index (χ1v) is 10.1. The molecule has 3 aromatic rings. The van der Waals surface area contributed by atoms with Crippen molar-refractivity contribution in [2.24, 2.45) is 0 Å². The van der Waals surface area contributed by atoms with Gasteiger partial charge in [-0.3, -0.25) is 0 Å². The minimum absolute atomic E-state index is 0.0406. The summed E-state index contributed by atoms with van der Waals surface area (Å²) in [6.07, 6.45) is 0. The Kier molecular flexibility index (Phi) is 5.60. The van der Waals surface area contributed by atoms with Crippen LogP contribution in [0.3, 0.4) is 0 Å². The number of sulfonamides is 1. The second kappa shape index (κ2) is 7.96. The highest BCUT2D eigenvalue weighted by Gasteiger charge is 2.28. The Bertz CT molecular complexity index is 1150. The molecule has 0 aliphatic rings. The van der Waals surface area contributed by atoms with E-state index in [0.717, 1.165) is 11.1 Å². The molecule has 0 bridgehead atoms. The Morgan fingerprint density at radius 2 is 1.72 bits per heavy atom. The van der Waals surface area contributed by atoms with Crippen molar-refractivity contribution >= 4 is 21.9 Å². The number of carbonyl (C=O) groups excluding carboxylic acids is 1. The minimum Gasteiger partial charge on any atom is -0.497 e. The molecule has 152 valence electrons. The maximum atomic E-state index is 12.8. The number of ether oxygens (including phenoxy) is 2. The fourth-order valence-corrected chi connectivity index (χ4v) is 3.74. The van der Waals surface area contributed by atoms with Crippen molar-refractivity contribution in [3.05, 3.63) is 59.2 Å². The molecule has 9 heteroatoms. The van der Waals surface area contributed by atoms with Gasteiger partial charge in [0.15, 0.2) is 5.56 Å². The molecule has 0 unspecified atom stereocenters. The van der Waals surface area contributed by atoms with Gasteiger partial charge in [0.1, 0.15) is 11.4 Å². The Balaban J connectivity index is 2.04. The average Bonchev–Trinajstić information content (AvgIpc) is 3.12. The van der Waals surface area contributed by atoms with E-state index in [9.17, 15) is 13.2 Å². The summed E-state index contributed by atoms with van der Waals surface area (Å²) in [5.74, 6) is -0.483. The predicted molar refractivity (Wildman–Crippen MR) is 107 cm³/mol. The zero-order chi connectivity index (χ0) is 21.2. The highest BCUT2D eigenvalue weighted by atomic mass is 32.2. The maximum absolute atomic E-state index is 12.8. The number of nitrogens with zero attached hydrogens (tertiary/aromatic N) is 1. The Morgan fingerprint density at radius 1 is 1.03 bits per heavy atom. The lowest BCUT2D eigenvalue weighted by molar-refractivity contribution is 0.0602. The number of carbonyl (C=O) groups is 1. The molecule has 8 nitrogen and oxygen atoms in total. The normalized spacial score (nSPS) is 11.2. The number of anilines is 1. The first-order valence-electron chi connectivity index (χ1n) is 8.59. The number of aromatic nitrogens is 1. The molecule has 1 N–H and O–H groups in total. The van der Waals surface area contributed by atoms with E-state index >= 15 is 0 Å². The molecule has 1 aromatic heterocycles. The quantitative estimate of drug-likeness (QED) is 0.612. The average molecular weight is 416 g/mol. The van der Waals surface area contributed by atoms with Crippen LogP contribution in [0.1, 0.15) is 21.5 Å². The monoisotopic (exact) mass is 416 g/mol. The maximum Gasteiger partial charge on any atom is 0.345 e. The Hall–Kier alpha value is -3.33. The summed E-state index contributed by atoms with van der Waals surface area (Å²) in [7, 11) is -1.29. The van der Waals surface area contributed by atoms with Gasteiger partial charge in [0.2, 0.25) is 0 Å². The van der Waals surface area contributed by atoms with Crippen LogP contribution in [0.15, 0.2) is 51.9 Å². The van der Waals surface area contributed by atoms with Crippen LogP contribution in [0.4, 0.5) is 5.88 Å². The van der Waals surface area contributed by atoms with E-state index < -0.39 is 16.0 Å². The zero-order valence-electron chi connectivity index (χ0n) is 16.3. The molecule has 0 atom stereocenters. The Morgan fingerprint density at radius 3 is 2.31 bits per heavy atom. The standard InChI is InChI=1S/C20H20N2O6S/c1-12-5-10-16(11-13(12)2)29(24,25)22-19-17(20(23)27-4)18(21-28-19)14-6-8-15(26-3)9-7-14/h5-11,22H,1-4H3. The van der Waals surface area contributed by atoms with Crippen LogP contribution in [0.5, 0.6) is 5.75 Å². The highest BCUT2D eigenvalue weighted by molar-refractivity contribution is 7.92. The van der Waals surface area contributed by atoms with Crippen LogP contribution in [-0.4, -0.2) is 33.8 Å². The van der Waals surface area contributed by atoms with E-state index in [1.165, 1.54) is 26.4 Å². The van der Waals surface area contributed by atoms with Gasteiger partial charge in [-0.1, -0.05) is 11.2 Å². The number of hydrogen-bond acceptors (Lipinski definition) is 7. The van der Waals surface area contributed by atoms with Crippen LogP contribution in [0.2, 0.25) is 0 Å². The van der Waals surface area contributed by atoms with Crippen LogP contribution in [-0.2, 0) is 14.8 Å². The summed E-state index contributed by atoms with van der Waals surface area (Å²) < 4.78 is 43.0. The fraction of sp³-hybridized carbons (Fsp3) is 0.200. The second-order valence-electron chi connectivity index (χ2n) is 6.31. The number of aryl methyl sites for hydroxylation is 2. The molecule has 0 spiro atoms. The lowest BCUT2D eigenvalue weighted by Gasteiger charge is -2.09. The van der Waals surface area contributed by atoms with E-state index in [1.807, 2.05) is 13.8 Å². The van der Waals surface area contributed by atoms with E-state index in [1.54, 1.807) is 30.3 Å². The number of hydrogen-bond donors (Lipinski definition) is 1. The predicted octanol–water partition coefficient (Wildman–Crippen LogP) is 3.55. The van der Waals surface area contributed by atoms with Crippen molar-refractivity contribution in [2.75, 3.05) is 18.9 Å². The summed E-state index contributed by atoms with van der Waals surface area (Å²) in [5, 5.41) is 3.88. The van der Waals surface area contributed by atoms with Crippen molar-refractivity contribution in [1.82, 2.24) is 5.16 Å². The molecule has 29 heavy (non-hydrogen) atoms. The molecule has 1 heterocycles. The third-order valence-corrected chi connectivity index (χ3v) is 5.79. The molecule has 0 saturated heterocycles. The van der Waals surface area contributed by atoms with Gasteiger partial charge in [-0.15, -0.1) is 0 Å². The summed E-state index contributed by atoms with van der Waals surface area (Å²) in [4.78, 5) is 12.4. The first-order chi connectivity index (χ1) is 13.8. The number of rotatable bonds is 6. The van der Waals surface area contributed by atoms with Crippen molar-refractivity contribution < 1.29 is 27.2 Å². The number of nitrogens with one attached hydrogen (secondary N) is 1. The van der Waals surface area contributed by atoms with Crippen LogP contribution in [0.25, 0.3) is 11.3 Å². The molecule has 0 radical (unpaired) electrons. The molecule has 0 saturated carbocycles. The lowest BCUT2D eigenvalue weighted by Crippen LogP contribution is -2.15. The third-order valence-electron chi connectivity index (χ3n) is 4.46. The topological polar surface area (TPSA) is 108 Å². The SMILES string of the molecule is COC(=O)c1c(-c2ccc(OC)cc2)noc1NS(=O)(=O)c1ccc(C)c(C)c1. The zero-order valence-corrected chi connectivity index (χ0v) is 17.2. The minimum atomic E-state index is -4.01.